The Balaban J connectivity index is 1.86. The van der Waals surface area contributed by atoms with Crippen LogP contribution < -0.4 is 11.1 Å². The first-order valence-electron chi connectivity index (χ1n) is 6.46. The predicted octanol–water partition coefficient (Wildman–Crippen LogP) is 1.18. The number of phenolic OH excluding ortho intramolecular Hbond substituents is 1. The Labute approximate surface area is 107 Å². The number of rotatable bonds is 4. The molecule has 0 radical (unpaired) electrons. The molecule has 0 bridgehead atoms. The molecule has 2 unspecified atom stereocenters. The lowest BCUT2D eigenvalue weighted by molar-refractivity contribution is -0.121. The number of phenols is 1. The summed E-state index contributed by atoms with van der Waals surface area (Å²) in [4.78, 5) is 11.9. The highest BCUT2D eigenvalue weighted by molar-refractivity contribution is 5.79. The van der Waals surface area contributed by atoms with E-state index in [9.17, 15) is 9.90 Å². The smallest absolute Gasteiger partial charge is 0.224 e. The maximum absolute atomic E-state index is 11.9. The Morgan fingerprint density at radius 2 is 2.06 bits per heavy atom. The molecule has 2 atom stereocenters. The molecule has 1 aliphatic carbocycles. The third-order valence-electron chi connectivity index (χ3n) is 3.61. The van der Waals surface area contributed by atoms with Crippen LogP contribution in [0.5, 0.6) is 5.75 Å². The van der Waals surface area contributed by atoms with Crippen LogP contribution in [-0.4, -0.2) is 23.6 Å². The topological polar surface area (TPSA) is 75.3 Å². The van der Waals surface area contributed by atoms with E-state index >= 15 is 0 Å². The Morgan fingerprint density at radius 1 is 1.33 bits per heavy atom. The van der Waals surface area contributed by atoms with Gasteiger partial charge in [-0.1, -0.05) is 18.6 Å². The van der Waals surface area contributed by atoms with Gasteiger partial charge in [0.1, 0.15) is 5.75 Å². The number of benzene rings is 1. The van der Waals surface area contributed by atoms with Gasteiger partial charge in [0.15, 0.2) is 0 Å². The minimum Gasteiger partial charge on any atom is -0.508 e. The third-order valence-corrected chi connectivity index (χ3v) is 3.61. The standard InChI is InChI=1S/C14H20N2O2/c15-9-11-2-1-3-13(11)16-14(18)8-10-4-6-12(17)7-5-10/h4-7,11,13,17H,1-3,8-9,15H2,(H,16,18). The van der Waals surface area contributed by atoms with Gasteiger partial charge in [-0.05, 0) is 43.0 Å². The first kappa shape index (κ1) is 12.9. The van der Waals surface area contributed by atoms with E-state index in [4.69, 9.17) is 5.73 Å². The molecular formula is C14H20N2O2. The maximum atomic E-state index is 11.9. The van der Waals surface area contributed by atoms with Crippen LogP contribution in [0.3, 0.4) is 0 Å². The van der Waals surface area contributed by atoms with Gasteiger partial charge in [-0.2, -0.15) is 0 Å². The van der Waals surface area contributed by atoms with Gasteiger partial charge in [0.25, 0.3) is 0 Å². The van der Waals surface area contributed by atoms with Crippen LogP contribution in [0.4, 0.5) is 0 Å². The van der Waals surface area contributed by atoms with Crippen molar-refractivity contribution in [2.24, 2.45) is 11.7 Å². The van der Waals surface area contributed by atoms with Gasteiger partial charge in [0, 0.05) is 6.04 Å². The van der Waals surface area contributed by atoms with Crippen molar-refractivity contribution in [1.29, 1.82) is 0 Å². The maximum Gasteiger partial charge on any atom is 0.224 e. The van der Waals surface area contributed by atoms with Crippen molar-refractivity contribution in [3.63, 3.8) is 0 Å². The van der Waals surface area contributed by atoms with Crippen LogP contribution in [0, 0.1) is 5.92 Å². The first-order valence-corrected chi connectivity index (χ1v) is 6.46. The van der Waals surface area contributed by atoms with E-state index in [0.29, 0.717) is 18.9 Å². The molecule has 1 aromatic rings. The lowest BCUT2D eigenvalue weighted by Crippen LogP contribution is -2.40. The van der Waals surface area contributed by atoms with Crippen molar-refractivity contribution in [3.05, 3.63) is 29.8 Å². The minimum atomic E-state index is 0.0334. The molecule has 0 saturated heterocycles. The predicted molar refractivity (Wildman–Crippen MR) is 70.1 cm³/mol. The molecule has 1 saturated carbocycles. The molecule has 1 aliphatic rings. The van der Waals surface area contributed by atoms with Gasteiger partial charge in [0.05, 0.1) is 6.42 Å². The van der Waals surface area contributed by atoms with E-state index in [2.05, 4.69) is 5.32 Å². The number of nitrogens with two attached hydrogens (primary N) is 1. The summed E-state index contributed by atoms with van der Waals surface area (Å²) in [7, 11) is 0. The number of amides is 1. The van der Waals surface area contributed by atoms with Gasteiger partial charge in [-0.3, -0.25) is 4.79 Å². The first-order chi connectivity index (χ1) is 8.69. The Morgan fingerprint density at radius 3 is 2.72 bits per heavy atom. The number of hydrogen-bond donors (Lipinski definition) is 3. The summed E-state index contributed by atoms with van der Waals surface area (Å²) in [6, 6.07) is 6.97. The number of carbonyl (C=O) groups is 1. The third kappa shape index (κ3) is 3.23. The summed E-state index contributed by atoms with van der Waals surface area (Å²) in [6.45, 7) is 0.643. The average molecular weight is 248 g/mol. The Bertz CT molecular complexity index is 403. The molecule has 18 heavy (non-hydrogen) atoms. The summed E-state index contributed by atoms with van der Waals surface area (Å²) < 4.78 is 0. The fraction of sp³-hybridized carbons (Fsp3) is 0.500. The molecular weight excluding hydrogens is 228 g/mol. The molecule has 4 heteroatoms. The van der Waals surface area contributed by atoms with E-state index in [1.807, 2.05) is 0 Å². The van der Waals surface area contributed by atoms with Gasteiger partial charge < -0.3 is 16.2 Å². The summed E-state index contributed by atoms with van der Waals surface area (Å²) in [6.07, 6.45) is 3.64. The van der Waals surface area contributed by atoms with Crippen molar-refractivity contribution in [3.8, 4) is 5.75 Å². The van der Waals surface area contributed by atoms with Crippen LogP contribution in [0.2, 0.25) is 0 Å². The Hall–Kier alpha value is -1.55. The molecule has 1 fully saturated rings. The summed E-state index contributed by atoms with van der Waals surface area (Å²) in [5, 5.41) is 12.2. The molecule has 2 rings (SSSR count). The molecule has 98 valence electrons. The quantitative estimate of drug-likeness (QED) is 0.749. The van der Waals surface area contributed by atoms with E-state index in [1.165, 1.54) is 0 Å². The zero-order chi connectivity index (χ0) is 13.0. The molecule has 1 amide bonds. The number of nitrogens with one attached hydrogen (secondary N) is 1. The van der Waals surface area contributed by atoms with Crippen molar-refractivity contribution < 1.29 is 9.90 Å². The fourth-order valence-electron chi connectivity index (χ4n) is 2.57. The molecule has 0 aliphatic heterocycles. The average Bonchev–Trinajstić information content (AvgIpc) is 2.79. The SMILES string of the molecule is NCC1CCCC1NC(=O)Cc1ccc(O)cc1. The van der Waals surface area contributed by atoms with E-state index < -0.39 is 0 Å². The van der Waals surface area contributed by atoms with Gasteiger partial charge in [0.2, 0.25) is 5.91 Å². The fourth-order valence-corrected chi connectivity index (χ4v) is 2.57. The molecule has 0 aromatic heterocycles. The van der Waals surface area contributed by atoms with Crippen molar-refractivity contribution >= 4 is 5.91 Å². The van der Waals surface area contributed by atoms with Crippen molar-refractivity contribution in [1.82, 2.24) is 5.32 Å². The molecule has 4 N–H and O–H groups in total. The molecule has 0 heterocycles. The van der Waals surface area contributed by atoms with Gasteiger partial charge in [-0.15, -0.1) is 0 Å². The summed E-state index contributed by atoms with van der Waals surface area (Å²) >= 11 is 0. The second-order valence-electron chi connectivity index (χ2n) is 4.94. The van der Waals surface area contributed by atoms with Crippen molar-refractivity contribution in [2.45, 2.75) is 31.7 Å². The van der Waals surface area contributed by atoms with Crippen LogP contribution in [-0.2, 0) is 11.2 Å². The highest BCUT2D eigenvalue weighted by Crippen LogP contribution is 2.24. The summed E-state index contributed by atoms with van der Waals surface area (Å²) in [5.41, 5.74) is 6.60. The highest BCUT2D eigenvalue weighted by atomic mass is 16.3. The van der Waals surface area contributed by atoms with Crippen LogP contribution in [0.1, 0.15) is 24.8 Å². The summed E-state index contributed by atoms with van der Waals surface area (Å²) in [5.74, 6) is 0.679. The van der Waals surface area contributed by atoms with Gasteiger partial charge >= 0.3 is 0 Å². The molecule has 1 aromatic carbocycles. The second kappa shape index (κ2) is 5.87. The van der Waals surface area contributed by atoms with Crippen LogP contribution >= 0.6 is 0 Å². The molecule has 0 spiro atoms. The Kier molecular flexibility index (Phi) is 4.20. The number of carbonyl (C=O) groups excluding carboxylic acids is 1. The minimum absolute atomic E-state index is 0.0334. The van der Waals surface area contributed by atoms with Crippen LogP contribution in [0.25, 0.3) is 0 Å². The lowest BCUT2D eigenvalue weighted by Gasteiger charge is -2.19. The zero-order valence-electron chi connectivity index (χ0n) is 10.4. The molecule has 4 nitrogen and oxygen atoms in total. The highest BCUT2D eigenvalue weighted by Gasteiger charge is 2.27. The number of hydrogen-bond acceptors (Lipinski definition) is 3. The van der Waals surface area contributed by atoms with E-state index in [-0.39, 0.29) is 17.7 Å². The van der Waals surface area contributed by atoms with Crippen molar-refractivity contribution in [2.75, 3.05) is 6.54 Å². The van der Waals surface area contributed by atoms with E-state index in [0.717, 1.165) is 24.8 Å². The second-order valence-corrected chi connectivity index (χ2v) is 4.94. The largest absolute Gasteiger partial charge is 0.508 e. The van der Waals surface area contributed by atoms with E-state index in [1.54, 1.807) is 24.3 Å². The normalized spacial score (nSPS) is 22.9. The van der Waals surface area contributed by atoms with Crippen LogP contribution in [0.15, 0.2) is 24.3 Å². The zero-order valence-corrected chi connectivity index (χ0v) is 10.4. The lowest BCUT2D eigenvalue weighted by atomic mass is 10.0. The van der Waals surface area contributed by atoms with Gasteiger partial charge in [-0.25, -0.2) is 0 Å². The monoisotopic (exact) mass is 248 g/mol. The number of aromatic hydroxyl groups is 1.